The molecule has 180 valence electrons. The molecule has 0 unspecified atom stereocenters. The maximum absolute atomic E-state index is 14.0. The first kappa shape index (κ1) is 24.0. The van der Waals surface area contributed by atoms with Crippen molar-refractivity contribution in [3.63, 3.8) is 0 Å². The molecule has 1 aliphatic rings. The number of amides is 4. The summed E-state index contributed by atoms with van der Waals surface area (Å²) in [6, 6.07) is 11.6. The Balaban J connectivity index is 1.62. The molecule has 8 nitrogen and oxygen atoms in total. The summed E-state index contributed by atoms with van der Waals surface area (Å²) in [6.45, 7) is 1.81. The van der Waals surface area contributed by atoms with Crippen molar-refractivity contribution in [1.29, 1.82) is 0 Å². The second kappa shape index (κ2) is 10.4. The second-order valence-electron chi connectivity index (χ2n) is 7.43. The maximum atomic E-state index is 14.0. The lowest BCUT2D eigenvalue weighted by atomic mass is 10.1. The zero-order valence-corrected chi connectivity index (χ0v) is 19.3. The second-order valence-corrected chi connectivity index (χ2v) is 7.84. The zero-order chi connectivity index (χ0) is 24.9. The highest BCUT2D eigenvalue weighted by Gasteiger charge is 2.36. The molecule has 0 spiro atoms. The van der Waals surface area contributed by atoms with Gasteiger partial charge in [-0.1, -0.05) is 29.8 Å². The van der Waals surface area contributed by atoms with Gasteiger partial charge in [0.1, 0.15) is 23.8 Å². The average Bonchev–Trinajstić information content (AvgIpc) is 3.33. The Labute approximate surface area is 204 Å². The van der Waals surface area contributed by atoms with Crippen LogP contribution in [0.15, 0.2) is 64.8 Å². The van der Waals surface area contributed by atoms with Gasteiger partial charge in [-0.05, 0) is 48.9 Å². The van der Waals surface area contributed by atoms with E-state index in [0.29, 0.717) is 16.9 Å². The Morgan fingerprint density at radius 1 is 1.11 bits per heavy atom. The van der Waals surface area contributed by atoms with Gasteiger partial charge >= 0.3 is 6.03 Å². The molecule has 35 heavy (non-hydrogen) atoms. The van der Waals surface area contributed by atoms with E-state index in [1.807, 2.05) is 0 Å². The minimum Gasteiger partial charge on any atom is -0.490 e. The van der Waals surface area contributed by atoms with E-state index >= 15 is 0 Å². The molecule has 0 aliphatic carbocycles. The fourth-order valence-corrected chi connectivity index (χ4v) is 3.68. The van der Waals surface area contributed by atoms with E-state index in [2.05, 4.69) is 5.32 Å². The van der Waals surface area contributed by atoms with Crippen LogP contribution in [0.25, 0.3) is 6.08 Å². The summed E-state index contributed by atoms with van der Waals surface area (Å²) in [5.41, 5.74) is 0.431. The van der Waals surface area contributed by atoms with Gasteiger partial charge in [-0.15, -0.1) is 0 Å². The minimum absolute atomic E-state index is 0.0857. The number of imide groups is 2. The molecule has 3 aromatic rings. The zero-order valence-electron chi connectivity index (χ0n) is 18.5. The maximum Gasteiger partial charge on any atom is 0.331 e. The van der Waals surface area contributed by atoms with Gasteiger partial charge in [0.25, 0.3) is 11.8 Å². The number of hydrogen-bond donors (Lipinski definition) is 1. The highest BCUT2D eigenvalue weighted by Crippen LogP contribution is 2.38. The number of carbonyl (C=O) groups is 3. The molecular formula is C25H20ClFN2O6. The van der Waals surface area contributed by atoms with Crippen LogP contribution in [0, 0.1) is 5.82 Å². The molecule has 1 saturated heterocycles. The number of benzene rings is 2. The summed E-state index contributed by atoms with van der Waals surface area (Å²) in [4.78, 5) is 38.4. The van der Waals surface area contributed by atoms with Gasteiger partial charge in [0, 0.05) is 5.56 Å². The predicted molar refractivity (Wildman–Crippen MR) is 124 cm³/mol. The minimum atomic E-state index is -0.849. The number of furan rings is 1. The highest BCUT2D eigenvalue weighted by molar-refractivity contribution is 6.33. The molecule has 0 bridgehead atoms. The van der Waals surface area contributed by atoms with Gasteiger partial charge in [-0.2, -0.15) is 0 Å². The summed E-state index contributed by atoms with van der Waals surface area (Å²) in [6.07, 6.45) is 2.71. The number of rotatable bonds is 8. The Kier molecular flexibility index (Phi) is 7.17. The van der Waals surface area contributed by atoms with E-state index < -0.39 is 23.7 Å². The third-order valence-electron chi connectivity index (χ3n) is 5.05. The topological polar surface area (TPSA) is 98.1 Å². The summed E-state index contributed by atoms with van der Waals surface area (Å²) < 4.78 is 30.5. The molecule has 0 radical (unpaired) electrons. The third-order valence-corrected chi connectivity index (χ3v) is 5.33. The first-order valence-electron chi connectivity index (χ1n) is 10.6. The molecule has 1 N–H and O–H groups in total. The molecule has 4 rings (SSSR count). The molecule has 0 saturated carbocycles. The monoisotopic (exact) mass is 498 g/mol. The quantitative estimate of drug-likeness (QED) is 0.357. The fraction of sp³-hybridized carbons (Fsp3) is 0.160. The summed E-state index contributed by atoms with van der Waals surface area (Å²) in [5.74, 6) is -1.24. The van der Waals surface area contributed by atoms with Gasteiger partial charge in [0.15, 0.2) is 11.5 Å². The highest BCUT2D eigenvalue weighted by atomic mass is 35.5. The van der Waals surface area contributed by atoms with Crippen molar-refractivity contribution in [1.82, 2.24) is 10.2 Å². The molecule has 2 heterocycles. The largest absolute Gasteiger partial charge is 0.490 e. The van der Waals surface area contributed by atoms with Gasteiger partial charge in [0.05, 0.1) is 24.4 Å². The standard InChI is InChI=1S/C25H20ClFN2O6/c1-2-33-21-12-15(11-19(26)22(21)35-14-16-6-3-4-8-20(16)27)10-18-23(30)28-25(32)29(24(18)31)13-17-7-5-9-34-17/h3-12H,2,13-14H2,1H3,(H,28,30,32)/b18-10+. The van der Waals surface area contributed by atoms with E-state index in [-0.39, 0.29) is 41.9 Å². The Bertz CT molecular complexity index is 1310. The number of halogens is 2. The number of nitrogens with zero attached hydrogens (tertiary/aromatic N) is 1. The van der Waals surface area contributed by atoms with Crippen molar-refractivity contribution in [3.05, 3.63) is 88.1 Å². The predicted octanol–water partition coefficient (Wildman–Crippen LogP) is 4.71. The normalized spacial score (nSPS) is 14.9. The number of urea groups is 1. The number of carbonyl (C=O) groups excluding carboxylic acids is 3. The molecule has 1 aliphatic heterocycles. The molecular weight excluding hydrogens is 479 g/mol. The van der Waals surface area contributed by atoms with Crippen LogP contribution in [0.2, 0.25) is 5.02 Å². The van der Waals surface area contributed by atoms with Crippen LogP contribution in [-0.4, -0.2) is 29.4 Å². The molecule has 2 aromatic carbocycles. The van der Waals surface area contributed by atoms with Crippen molar-refractivity contribution in [2.75, 3.05) is 6.61 Å². The van der Waals surface area contributed by atoms with Crippen molar-refractivity contribution in [2.45, 2.75) is 20.1 Å². The van der Waals surface area contributed by atoms with E-state index in [1.54, 1.807) is 37.3 Å². The fourth-order valence-electron chi connectivity index (χ4n) is 3.40. The number of barbiturate groups is 1. The molecule has 1 aromatic heterocycles. The number of hydrogen-bond acceptors (Lipinski definition) is 6. The van der Waals surface area contributed by atoms with Crippen molar-refractivity contribution in [3.8, 4) is 11.5 Å². The lowest BCUT2D eigenvalue weighted by Crippen LogP contribution is -2.53. The van der Waals surface area contributed by atoms with Crippen LogP contribution >= 0.6 is 11.6 Å². The summed E-state index contributed by atoms with van der Waals surface area (Å²) >= 11 is 6.42. The summed E-state index contributed by atoms with van der Waals surface area (Å²) in [7, 11) is 0. The van der Waals surface area contributed by atoms with Gasteiger partial charge in [-0.3, -0.25) is 19.8 Å². The van der Waals surface area contributed by atoms with Crippen molar-refractivity contribution < 1.29 is 32.7 Å². The van der Waals surface area contributed by atoms with Crippen LogP contribution < -0.4 is 14.8 Å². The van der Waals surface area contributed by atoms with E-state index in [0.717, 1.165) is 4.90 Å². The lowest BCUT2D eigenvalue weighted by molar-refractivity contribution is -0.130. The SMILES string of the molecule is CCOc1cc(/C=C2\C(=O)NC(=O)N(Cc3ccco3)C2=O)cc(Cl)c1OCc1ccccc1F. The van der Waals surface area contributed by atoms with E-state index in [4.69, 9.17) is 25.5 Å². The van der Waals surface area contributed by atoms with Crippen molar-refractivity contribution in [2.24, 2.45) is 0 Å². The average molecular weight is 499 g/mol. The molecule has 1 fully saturated rings. The van der Waals surface area contributed by atoms with Crippen LogP contribution in [0.1, 0.15) is 23.8 Å². The smallest absolute Gasteiger partial charge is 0.331 e. The van der Waals surface area contributed by atoms with Gasteiger partial charge < -0.3 is 13.9 Å². The van der Waals surface area contributed by atoms with Gasteiger partial charge in [0.2, 0.25) is 0 Å². The van der Waals surface area contributed by atoms with Crippen molar-refractivity contribution >= 4 is 35.5 Å². The van der Waals surface area contributed by atoms with Crippen LogP contribution in [0.3, 0.4) is 0 Å². The molecule has 4 amide bonds. The lowest BCUT2D eigenvalue weighted by Gasteiger charge is -2.25. The van der Waals surface area contributed by atoms with Crippen LogP contribution in [0.4, 0.5) is 9.18 Å². The van der Waals surface area contributed by atoms with Crippen LogP contribution in [-0.2, 0) is 22.7 Å². The van der Waals surface area contributed by atoms with Gasteiger partial charge in [-0.25, -0.2) is 9.18 Å². The first-order chi connectivity index (χ1) is 16.9. The molecule has 10 heteroatoms. The Hall–Kier alpha value is -4.11. The molecule has 0 atom stereocenters. The Morgan fingerprint density at radius 2 is 1.91 bits per heavy atom. The Morgan fingerprint density at radius 3 is 2.63 bits per heavy atom. The number of ether oxygens (including phenoxy) is 2. The third kappa shape index (κ3) is 5.36. The van der Waals surface area contributed by atoms with Crippen LogP contribution in [0.5, 0.6) is 11.5 Å². The van der Waals surface area contributed by atoms with E-state index in [9.17, 15) is 18.8 Å². The van der Waals surface area contributed by atoms with E-state index in [1.165, 1.54) is 30.5 Å². The summed E-state index contributed by atoms with van der Waals surface area (Å²) in [5, 5.41) is 2.28. The number of nitrogens with one attached hydrogen (secondary N) is 1. The first-order valence-corrected chi connectivity index (χ1v) is 11.0.